The van der Waals surface area contributed by atoms with E-state index in [-0.39, 0.29) is 36.1 Å². The van der Waals surface area contributed by atoms with E-state index < -0.39 is 11.6 Å². The fourth-order valence-corrected chi connectivity index (χ4v) is 2.65. The highest BCUT2D eigenvalue weighted by atomic mass is 19.2. The number of rotatable bonds is 3. The van der Waals surface area contributed by atoms with Crippen LogP contribution in [0.2, 0.25) is 0 Å². The van der Waals surface area contributed by atoms with Crippen LogP contribution in [0.4, 0.5) is 14.5 Å². The van der Waals surface area contributed by atoms with Crippen LogP contribution in [0, 0.1) is 11.6 Å². The number of halogens is 2. The Labute approximate surface area is 144 Å². The van der Waals surface area contributed by atoms with Crippen LogP contribution in [-0.2, 0) is 0 Å². The summed E-state index contributed by atoms with van der Waals surface area (Å²) in [4.78, 5) is 18.3. The van der Waals surface area contributed by atoms with Crippen LogP contribution in [0.15, 0.2) is 30.6 Å². The summed E-state index contributed by atoms with van der Waals surface area (Å²) < 4.78 is 38.2. The molecule has 0 fully saturated rings. The standard InChI is InChI=1S/C18H18F2N2O3/c1-10(2)24-13-4-12(7-21-8-13)18(23)22-9-11(3)25-17-6-15(20)14(19)5-16(17)22/h4-8,10-11H,9H2,1-3H3. The first-order valence-electron chi connectivity index (χ1n) is 7.94. The number of aromatic nitrogens is 1. The number of pyridine rings is 1. The van der Waals surface area contributed by atoms with Gasteiger partial charge >= 0.3 is 0 Å². The number of carbonyl (C=O) groups excluding carboxylic acids is 1. The molecule has 1 aliphatic rings. The van der Waals surface area contributed by atoms with Crippen LogP contribution in [0.1, 0.15) is 31.1 Å². The summed E-state index contributed by atoms with van der Waals surface area (Å²) in [6, 6.07) is 3.50. The van der Waals surface area contributed by atoms with Crippen molar-refractivity contribution >= 4 is 11.6 Å². The van der Waals surface area contributed by atoms with Gasteiger partial charge in [-0.2, -0.15) is 0 Å². The Morgan fingerprint density at radius 1 is 1.28 bits per heavy atom. The van der Waals surface area contributed by atoms with Gasteiger partial charge in [0.05, 0.1) is 30.1 Å². The van der Waals surface area contributed by atoms with Crippen molar-refractivity contribution in [3.8, 4) is 11.5 Å². The zero-order valence-electron chi connectivity index (χ0n) is 14.1. The van der Waals surface area contributed by atoms with Crippen molar-refractivity contribution < 1.29 is 23.0 Å². The highest BCUT2D eigenvalue weighted by molar-refractivity contribution is 6.07. The normalized spacial score (nSPS) is 16.4. The SMILES string of the molecule is CC(C)Oc1cncc(C(=O)N2CC(C)Oc3cc(F)c(F)cc32)c1. The summed E-state index contributed by atoms with van der Waals surface area (Å²) in [5, 5.41) is 0. The lowest BCUT2D eigenvalue weighted by Crippen LogP contribution is -2.42. The molecule has 0 saturated carbocycles. The third kappa shape index (κ3) is 3.55. The Morgan fingerprint density at radius 3 is 2.72 bits per heavy atom. The summed E-state index contributed by atoms with van der Waals surface area (Å²) in [5.41, 5.74) is 0.486. The predicted molar refractivity (Wildman–Crippen MR) is 88.1 cm³/mol. The molecule has 2 heterocycles. The van der Waals surface area contributed by atoms with Gasteiger partial charge in [0.1, 0.15) is 17.6 Å². The maximum Gasteiger partial charge on any atom is 0.260 e. The van der Waals surface area contributed by atoms with Crippen molar-refractivity contribution in [2.45, 2.75) is 33.0 Å². The van der Waals surface area contributed by atoms with E-state index in [4.69, 9.17) is 9.47 Å². The molecule has 0 aliphatic carbocycles. The van der Waals surface area contributed by atoms with Crippen molar-refractivity contribution in [3.63, 3.8) is 0 Å². The third-order valence-corrected chi connectivity index (χ3v) is 3.64. The van der Waals surface area contributed by atoms with Gasteiger partial charge in [-0.3, -0.25) is 9.78 Å². The maximum atomic E-state index is 13.6. The molecule has 7 heteroatoms. The first-order chi connectivity index (χ1) is 11.8. The minimum atomic E-state index is -1.04. The molecular formula is C18H18F2N2O3. The smallest absolute Gasteiger partial charge is 0.260 e. The molecule has 0 spiro atoms. The molecule has 0 N–H and O–H groups in total. The number of nitrogens with zero attached hydrogens (tertiary/aromatic N) is 2. The molecule has 1 amide bonds. The molecule has 0 radical (unpaired) electrons. The van der Waals surface area contributed by atoms with Gasteiger partial charge in [-0.05, 0) is 26.8 Å². The molecule has 1 aromatic carbocycles. The van der Waals surface area contributed by atoms with Crippen LogP contribution in [0.3, 0.4) is 0 Å². The summed E-state index contributed by atoms with van der Waals surface area (Å²) in [6.07, 6.45) is 2.51. The number of hydrogen-bond donors (Lipinski definition) is 0. The molecule has 1 aromatic heterocycles. The van der Waals surface area contributed by atoms with Gasteiger partial charge in [-0.15, -0.1) is 0 Å². The fourth-order valence-electron chi connectivity index (χ4n) is 2.65. The zero-order chi connectivity index (χ0) is 18.1. The van der Waals surface area contributed by atoms with E-state index in [0.29, 0.717) is 11.3 Å². The Balaban J connectivity index is 1.97. The zero-order valence-corrected chi connectivity index (χ0v) is 14.1. The van der Waals surface area contributed by atoms with E-state index >= 15 is 0 Å². The minimum absolute atomic E-state index is 0.0617. The lowest BCUT2D eigenvalue weighted by molar-refractivity contribution is 0.0959. The van der Waals surface area contributed by atoms with Crippen LogP contribution >= 0.6 is 0 Å². The first-order valence-corrected chi connectivity index (χ1v) is 7.94. The Kier molecular flexibility index (Phi) is 4.57. The Hall–Kier alpha value is -2.70. The number of hydrogen-bond acceptors (Lipinski definition) is 4. The number of anilines is 1. The molecule has 5 nitrogen and oxygen atoms in total. The molecular weight excluding hydrogens is 330 g/mol. The summed E-state index contributed by atoms with van der Waals surface area (Å²) in [6.45, 7) is 5.70. The largest absolute Gasteiger partial charge is 0.489 e. The second-order valence-electron chi connectivity index (χ2n) is 6.15. The van der Waals surface area contributed by atoms with Crippen molar-refractivity contribution in [2.75, 3.05) is 11.4 Å². The average Bonchev–Trinajstić information content (AvgIpc) is 2.55. The van der Waals surface area contributed by atoms with Gasteiger partial charge < -0.3 is 14.4 Å². The molecule has 0 bridgehead atoms. The molecule has 1 atom stereocenters. The summed E-state index contributed by atoms with van der Waals surface area (Å²) in [5.74, 6) is -1.84. The number of amides is 1. The van der Waals surface area contributed by atoms with Gasteiger partial charge in [-0.25, -0.2) is 8.78 Å². The lowest BCUT2D eigenvalue weighted by Gasteiger charge is -2.33. The molecule has 1 aliphatic heterocycles. The van der Waals surface area contributed by atoms with Gasteiger partial charge in [0.15, 0.2) is 11.6 Å². The first kappa shape index (κ1) is 17.1. The van der Waals surface area contributed by atoms with E-state index in [2.05, 4.69) is 4.98 Å². The van der Waals surface area contributed by atoms with Crippen molar-refractivity contribution in [1.82, 2.24) is 4.98 Å². The lowest BCUT2D eigenvalue weighted by atomic mass is 10.1. The van der Waals surface area contributed by atoms with Crippen molar-refractivity contribution in [1.29, 1.82) is 0 Å². The van der Waals surface area contributed by atoms with E-state index in [9.17, 15) is 13.6 Å². The Morgan fingerprint density at radius 2 is 2.00 bits per heavy atom. The van der Waals surface area contributed by atoms with Gasteiger partial charge in [0.25, 0.3) is 5.91 Å². The number of ether oxygens (including phenoxy) is 2. The number of benzene rings is 1. The molecule has 0 saturated heterocycles. The topological polar surface area (TPSA) is 51.7 Å². The quantitative estimate of drug-likeness (QED) is 0.851. The molecule has 1 unspecified atom stereocenters. The van der Waals surface area contributed by atoms with Crippen molar-refractivity contribution in [2.24, 2.45) is 0 Å². The monoisotopic (exact) mass is 348 g/mol. The molecule has 132 valence electrons. The van der Waals surface area contributed by atoms with E-state index in [1.54, 1.807) is 13.0 Å². The van der Waals surface area contributed by atoms with Gasteiger partial charge in [0, 0.05) is 18.3 Å². The van der Waals surface area contributed by atoms with Gasteiger partial charge in [0.2, 0.25) is 0 Å². The molecule has 2 aromatic rings. The molecule has 3 rings (SSSR count). The third-order valence-electron chi connectivity index (χ3n) is 3.64. The maximum absolute atomic E-state index is 13.6. The highest BCUT2D eigenvalue weighted by Gasteiger charge is 2.30. The van der Waals surface area contributed by atoms with E-state index in [0.717, 1.165) is 12.1 Å². The fraction of sp³-hybridized carbons (Fsp3) is 0.333. The van der Waals surface area contributed by atoms with E-state index in [1.807, 2.05) is 13.8 Å². The number of fused-ring (bicyclic) bond motifs is 1. The van der Waals surface area contributed by atoms with Crippen LogP contribution in [-0.4, -0.2) is 29.6 Å². The second kappa shape index (κ2) is 6.66. The van der Waals surface area contributed by atoms with Crippen LogP contribution < -0.4 is 14.4 Å². The number of carbonyl (C=O) groups is 1. The average molecular weight is 348 g/mol. The molecule has 25 heavy (non-hydrogen) atoms. The van der Waals surface area contributed by atoms with E-state index in [1.165, 1.54) is 17.3 Å². The van der Waals surface area contributed by atoms with Gasteiger partial charge in [-0.1, -0.05) is 0 Å². The highest BCUT2D eigenvalue weighted by Crippen LogP contribution is 2.36. The van der Waals surface area contributed by atoms with Crippen LogP contribution in [0.5, 0.6) is 11.5 Å². The summed E-state index contributed by atoms with van der Waals surface area (Å²) in [7, 11) is 0. The summed E-state index contributed by atoms with van der Waals surface area (Å²) >= 11 is 0. The predicted octanol–water partition coefficient (Wildman–Crippen LogP) is 3.57. The Bertz CT molecular complexity index is 811. The van der Waals surface area contributed by atoms with Crippen molar-refractivity contribution in [3.05, 3.63) is 47.8 Å². The minimum Gasteiger partial charge on any atom is -0.489 e. The second-order valence-corrected chi connectivity index (χ2v) is 6.15. The van der Waals surface area contributed by atoms with Crippen LogP contribution in [0.25, 0.3) is 0 Å².